The van der Waals surface area contributed by atoms with Gasteiger partial charge in [-0.15, -0.1) is 0 Å². The summed E-state index contributed by atoms with van der Waals surface area (Å²) >= 11 is 0. The molecule has 0 aliphatic carbocycles. The standard InChI is InChI=1S/C61H88N13O14P/c1-28-19-38-39(20-29(28)2)74(27-69-38)57-52(83)53(40(26-75)86-57)88-89(84,85)87-30(3)25-68-48(82)17-18-59(8)36(21-45(65)79)51-56-61(10,24-47(67)81)35(13-16-44(64)78)50(72-56)32(5)55-60(9,23-46(66)80)33(11-14-42(62)76)37(70-55)22-41-58(6,7)34(12-15-43(63)77)49(71-41)31(4)54(59)73-51/h19-20,22,27,30,33-36,40,51-53,56-57,70,75,83H,11-18,21,23-26H2,1-10H3,(H2,62,76)(H2,63,77)(H2,64,78)(H2,65,79)(H2,66,80)(H2,67,81)(H,68,82)(H,84,85)/t30?,33?,34?,35?,36-,40?,51?,52?,53?,56?,57?,59?,60?,61?/m0/s1. The monoisotopic (exact) mass is 1260 g/mol. The lowest BCUT2D eigenvalue weighted by molar-refractivity contribution is -0.123. The van der Waals surface area contributed by atoms with Crippen LogP contribution in [0.4, 0.5) is 0 Å². The van der Waals surface area contributed by atoms with E-state index >= 15 is 0 Å². The van der Waals surface area contributed by atoms with Gasteiger partial charge in [-0.1, -0.05) is 34.6 Å². The molecule has 27 nitrogen and oxygen atoms in total. The molecule has 7 amide bonds. The molecule has 8 bridgehead atoms. The number of aliphatic imine (C=N–C) groups is 3. The zero-order valence-electron chi connectivity index (χ0n) is 52.3. The molecule has 1 aromatic carbocycles. The molecular formula is C61H88N13O14P. The predicted octanol–water partition coefficient (Wildman–Crippen LogP) is 2.77. The number of aliphatic hydroxyl groups is 2. The Balaban J connectivity index is 1.18. The fourth-order valence-corrected chi connectivity index (χ4v) is 16.2. The first-order chi connectivity index (χ1) is 41.5. The van der Waals surface area contributed by atoms with Crippen LogP contribution >= 0.6 is 7.82 Å². The molecule has 1 aromatic heterocycles. The van der Waals surface area contributed by atoms with Gasteiger partial charge in [0.1, 0.15) is 18.3 Å². The summed E-state index contributed by atoms with van der Waals surface area (Å²) in [6.07, 6.45) is -4.14. The second-order valence-corrected chi connectivity index (χ2v) is 27.9. The van der Waals surface area contributed by atoms with E-state index in [9.17, 15) is 53.2 Å². The van der Waals surface area contributed by atoms with E-state index in [0.717, 1.165) is 11.1 Å². The normalized spacial score (nSPS) is 31.4. The molecule has 17 N–H and O–H groups in total. The van der Waals surface area contributed by atoms with Gasteiger partial charge in [-0.2, -0.15) is 0 Å². The topological polar surface area (TPSA) is 460 Å². The number of aliphatic hydroxyl groups excluding tert-OH is 2. The van der Waals surface area contributed by atoms with E-state index in [0.29, 0.717) is 56.4 Å². The summed E-state index contributed by atoms with van der Waals surface area (Å²) in [6.45, 7) is 17.4. The van der Waals surface area contributed by atoms with Gasteiger partial charge in [0.25, 0.3) is 0 Å². The summed E-state index contributed by atoms with van der Waals surface area (Å²) in [5.74, 6) is -7.07. The number of nitrogens with two attached hydrogens (primary N) is 6. The number of phosphoric ester groups is 1. The number of aromatic nitrogens is 2. The van der Waals surface area contributed by atoms with Gasteiger partial charge in [0, 0.05) is 131 Å². The molecule has 2 fully saturated rings. The zero-order valence-corrected chi connectivity index (χ0v) is 53.2. The number of fused-ring (bicyclic) bond motifs is 7. The number of hydrogen-bond acceptors (Lipinski definition) is 18. The Labute approximate surface area is 517 Å². The third-order valence-electron chi connectivity index (χ3n) is 19.9. The van der Waals surface area contributed by atoms with Gasteiger partial charge in [-0.05, 0) is 101 Å². The Morgan fingerprint density at radius 1 is 0.798 bits per heavy atom. The van der Waals surface area contributed by atoms with Crippen molar-refractivity contribution in [2.45, 2.75) is 183 Å². The molecule has 6 aliphatic heterocycles. The lowest BCUT2D eigenvalue weighted by atomic mass is 9.60. The van der Waals surface area contributed by atoms with Gasteiger partial charge >= 0.3 is 7.82 Å². The zero-order chi connectivity index (χ0) is 65.8. The SMILES string of the molecule is CC1=C2N=C(C=C3NC(=C(C)C4=NC(C5N=C1C(C)(CCC(=O)NCC(C)OP(=O)(O)OC1C(CO)OC(n6cnc7cc(C)c(C)cc76)C1O)[C@H]5CC(N)=O)C(C)(CC(N)=O)C4CCC(N)=O)C(C)(CC(N)=O)C3CCC(N)=O)C(C)(C)C2CCC(N)=O. The number of amides is 7. The maximum absolute atomic E-state index is 14.3. The lowest BCUT2D eigenvalue weighted by Crippen LogP contribution is -2.48. The smallest absolute Gasteiger partial charge is 0.394 e. The number of phosphoric acid groups is 1. The molecule has 2 aromatic rings. The van der Waals surface area contributed by atoms with Gasteiger partial charge in [-0.3, -0.25) is 57.6 Å². The molecule has 0 saturated carbocycles. The summed E-state index contributed by atoms with van der Waals surface area (Å²) in [5.41, 5.74) is 38.8. The molecule has 2 saturated heterocycles. The van der Waals surface area contributed by atoms with Crippen LogP contribution in [0.2, 0.25) is 0 Å². The maximum Gasteiger partial charge on any atom is 0.472 e. The van der Waals surface area contributed by atoms with Crippen LogP contribution in [0, 0.1) is 59.2 Å². The van der Waals surface area contributed by atoms with Crippen LogP contribution in [-0.2, 0) is 51.9 Å². The van der Waals surface area contributed by atoms with E-state index in [1.54, 1.807) is 4.57 Å². The fourth-order valence-electron chi connectivity index (χ4n) is 15.1. The molecule has 14 unspecified atom stereocenters. The quantitative estimate of drug-likeness (QED) is 0.0603. The Bertz CT molecular complexity index is 3480. The number of nitrogens with one attached hydrogen (secondary N) is 2. The van der Waals surface area contributed by atoms with Crippen molar-refractivity contribution in [1.29, 1.82) is 0 Å². The highest BCUT2D eigenvalue weighted by atomic mass is 31.2. The third kappa shape index (κ3) is 13.4. The largest absolute Gasteiger partial charge is 0.472 e. The van der Waals surface area contributed by atoms with Crippen molar-refractivity contribution in [3.63, 3.8) is 0 Å². The van der Waals surface area contributed by atoms with Crippen molar-refractivity contribution in [2.24, 2.45) is 94.7 Å². The minimum atomic E-state index is -5.06. The van der Waals surface area contributed by atoms with Crippen molar-refractivity contribution in [3.8, 4) is 0 Å². The van der Waals surface area contributed by atoms with Crippen LogP contribution in [0.5, 0.6) is 0 Å². The van der Waals surface area contributed by atoms with Crippen molar-refractivity contribution >= 4 is 77.3 Å². The summed E-state index contributed by atoms with van der Waals surface area (Å²) in [4.78, 5) is 125. The predicted molar refractivity (Wildman–Crippen MR) is 329 cm³/mol. The Morgan fingerprint density at radius 2 is 1.40 bits per heavy atom. The van der Waals surface area contributed by atoms with Gasteiger partial charge in [0.15, 0.2) is 6.23 Å². The summed E-state index contributed by atoms with van der Waals surface area (Å²) in [5, 5.41) is 28.2. The number of nitrogens with zero attached hydrogens (tertiary/aromatic N) is 5. The number of carbonyl (C=O) groups excluding carboxylic acids is 7. The van der Waals surface area contributed by atoms with E-state index in [1.165, 1.54) is 13.3 Å². The number of aryl methyl sites for hydroxylation is 2. The lowest BCUT2D eigenvalue weighted by Gasteiger charge is -2.41. The second-order valence-electron chi connectivity index (χ2n) is 26.5. The van der Waals surface area contributed by atoms with Crippen LogP contribution in [0.1, 0.15) is 143 Å². The first-order valence-corrected chi connectivity index (χ1v) is 31.7. The molecule has 28 heteroatoms. The number of benzene rings is 1. The Morgan fingerprint density at radius 3 is 2.00 bits per heavy atom. The molecule has 0 spiro atoms. The minimum Gasteiger partial charge on any atom is -0.394 e. The van der Waals surface area contributed by atoms with Crippen molar-refractivity contribution in [3.05, 3.63) is 63.9 Å². The first-order valence-electron chi connectivity index (χ1n) is 30.2. The molecule has 486 valence electrons. The minimum absolute atomic E-state index is 0.000847. The molecule has 7 heterocycles. The highest BCUT2D eigenvalue weighted by Crippen LogP contribution is 2.59. The molecular weight excluding hydrogens is 1170 g/mol. The van der Waals surface area contributed by atoms with Crippen LogP contribution in [0.3, 0.4) is 0 Å². The van der Waals surface area contributed by atoms with E-state index in [2.05, 4.69) is 15.6 Å². The van der Waals surface area contributed by atoms with Crippen LogP contribution in [0.25, 0.3) is 11.0 Å². The average molecular weight is 1260 g/mol. The van der Waals surface area contributed by atoms with Gasteiger partial charge in [0.05, 0.1) is 42.2 Å². The first kappa shape index (κ1) is 67.9. The number of hydrogen-bond donors (Lipinski definition) is 11. The Hall–Kier alpha value is -7.00. The highest BCUT2D eigenvalue weighted by molar-refractivity contribution is 7.47. The van der Waals surface area contributed by atoms with Crippen LogP contribution in [0.15, 0.2) is 67.8 Å². The Kier molecular flexibility index (Phi) is 19.6. The average Bonchev–Trinajstić information content (AvgIpc) is 1.60. The highest BCUT2D eigenvalue weighted by Gasteiger charge is 2.61. The van der Waals surface area contributed by atoms with Crippen LogP contribution < -0.4 is 45.0 Å². The molecule has 6 aliphatic rings. The van der Waals surface area contributed by atoms with Crippen molar-refractivity contribution in [1.82, 2.24) is 20.2 Å². The number of allylic oxidation sites excluding steroid dienone is 6. The van der Waals surface area contributed by atoms with Gasteiger partial charge < -0.3 is 69.4 Å². The van der Waals surface area contributed by atoms with E-state index < -0.39 is 144 Å². The van der Waals surface area contributed by atoms with E-state index in [4.69, 9.17) is 63.2 Å². The molecule has 89 heavy (non-hydrogen) atoms. The van der Waals surface area contributed by atoms with Crippen molar-refractivity contribution in [2.75, 3.05) is 13.2 Å². The maximum atomic E-state index is 14.3. The number of rotatable bonds is 26. The van der Waals surface area contributed by atoms with Crippen LogP contribution in [-0.4, -0.2) is 133 Å². The molecule has 15 atom stereocenters. The summed E-state index contributed by atoms with van der Waals surface area (Å²) in [7, 11) is -5.06. The molecule has 0 radical (unpaired) electrons. The fraction of sp³-hybridized carbons (Fsp3) is 0.623. The number of ether oxygens (including phenoxy) is 1. The van der Waals surface area contributed by atoms with E-state index in [-0.39, 0.29) is 77.2 Å². The molecule has 8 rings (SSSR count). The number of carbonyl (C=O) groups is 7. The third-order valence-corrected chi connectivity index (χ3v) is 21.0. The number of primary amides is 6. The van der Waals surface area contributed by atoms with E-state index in [1.807, 2.05) is 80.5 Å². The second kappa shape index (κ2) is 25.7. The summed E-state index contributed by atoms with van der Waals surface area (Å²) < 4.78 is 32.2. The number of imidazole rings is 1. The van der Waals surface area contributed by atoms with Gasteiger partial charge in [0.2, 0.25) is 41.4 Å². The summed E-state index contributed by atoms with van der Waals surface area (Å²) in [6, 6.07) is 1.76. The van der Waals surface area contributed by atoms with Crippen molar-refractivity contribution < 1.29 is 67.0 Å². The van der Waals surface area contributed by atoms with Gasteiger partial charge in [-0.25, -0.2) is 9.55 Å².